The van der Waals surface area contributed by atoms with Crippen molar-refractivity contribution in [1.82, 2.24) is 14.1 Å². The number of hydrogen-bond acceptors (Lipinski definition) is 5. The Hall–Kier alpha value is -3.27. The van der Waals surface area contributed by atoms with E-state index < -0.39 is 10.0 Å². The number of nitrogens with one attached hydrogen (secondary N) is 1. The molecule has 0 spiro atoms. The topological polar surface area (TPSA) is 93.5 Å². The van der Waals surface area contributed by atoms with E-state index in [2.05, 4.69) is 5.32 Å². The summed E-state index contributed by atoms with van der Waals surface area (Å²) < 4.78 is 34.0. The zero-order valence-electron chi connectivity index (χ0n) is 18.7. The molecule has 34 heavy (non-hydrogen) atoms. The molecule has 1 N–H and O–H groups in total. The first kappa shape index (κ1) is 22.5. The van der Waals surface area contributed by atoms with Crippen LogP contribution in [0.25, 0.3) is 11.8 Å². The minimum atomic E-state index is -3.54. The van der Waals surface area contributed by atoms with E-state index >= 15 is 0 Å². The summed E-state index contributed by atoms with van der Waals surface area (Å²) in [5.74, 6) is 0.442. The van der Waals surface area contributed by atoms with E-state index in [0.717, 1.165) is 41.8 Å². The molecular weight excluding hydrogens is 452 g/mol. The van der Waals surface area contributed by atoms with Gasteiger partial charge < -0.3 is 10.1 Å². The van der Waals surface area contributed by atoms with Crippen LogP contribution in [0.2, 0.25) is 0 Å². The Morgan fingerprint density at radius 1 is 1.00 bits per heavy atom. The lowest BCUT2D eigenvalue weighted by Gasteiger charge is -2.26. The first-order chi connectivity index (χ1) is 16.5. The summed E-state index contributed by atoms with van der Waals surface area (Å²) in [5, 5.41) is 7.71. The number of nitrogens with zero attached hydrogens (tertiary/aromatic N) is 3. The Bertz CT molecular complexity index is 1310. The first-order valence-corrected chi connectivity index (χ1v) is 12.8. The number of aryl methyl sites for hydroxylation is 1. The molecule has 0 unspecified atom stereocenters. The molecule has 0 radical (unpaired) electrons. The number of rotatable bonds is 6. The van der Waals surface area contributed by atoms with Gasteiger partial charge in [-0.15, -0.1) is 0 Å². The highest BCUT2D eigenvalue weighted by Gasteiger charge is 2.26. The standard InChI is InChI=1S/C25H26N4O4S/c30-24(26-25-22-7-4-8-23(22)27-29(25)20-5-2-1-3-6-20)14-11-19-9-12-21(13-10-19)34(31,32)28-15-17-33-18-16-28/h1-3,5-6,9-14H,4,7-8,15-18H2,(H,26,30)/b14-11+. The van der Waals surface area contributed by atoms with Crippen LogP contribution >= 0.6 is 0 Å². The van der Waals surface area contributed by atoms with Gasteiger partial charge in [0.2, 0.25) is 15.9 Å². The number of amides is 1. The van der Waals surface area contributed by atoms with Crippen LogP contribution < -0.4 is 5.32 Å². The summed E-state index contributed by atoms with van der Waals surface area (Å²) in [5.41, 5.74) is 3.74. The summed E-state index contributed by atoms with van der Waals surface area (Å²) in [7, 11) is -3.54. The third-order valence-corrected chi connectivity index (χ3v) is 7.98. The Morgan fingerprint density at radius 3 is 2.47 bits per heavy atom. The molecule has 1 amide bonds. The smallest absolute Gasteiger partial charge is 0.249 e. The van der Waals surface area contributed by atoms with Crippen LogP contribution in [-0.4, -0.2) is 54.7 Å². The second-order valence-electron chi connectivity index (χ2n) is 8.28. The predicted octanol–water partition coefficient (Wildman–Crippen LogP) is 3.03. The minimum Gasteiger partial charge on any atom is -0.379 e. The van der Waals surface area contributed by atoms with Crippen LogP contribution in [0.5, 0.6) is 0 Å². The fraction of sp³-hybridized carbons (Fsp3) is 0.280. The van der Waals surface area contributed by atoms with E-state index in [9.17, 15) is 13.2 Å². The summed E-state index contributed by atoms with van der Waals surface area (Å²) in [6, 6.07) is 16.3. The number of sulfonamides is 1. The molecule has 0 bridgehead atoms. The van der Waals surface area contributed by atoms with Crippen molar-refractivity contribution >= 4 is 27.8 Å². The van der Waals surface area contributed by atoms with Gasteiger partial charge in [0.25, 0.3) is 0 Å². The molecule has 0 atom stereocenters. The maximum Gasteiger partial charge on any atom is 0.249 e. The number of anilines is 1. The van der Waals surface area contributed by atoms with Gasteiger partial charge in [-0.25, -0.2) is 13.1 Å². The van der Waals surface area contributed by atoms with Gasteiger partial charge in [-0.3, -0.25) is 4.79 Å². The molecule has 1 aliphatic carbocycles. The summed E-state index contributed by atoms with van der Waals surface area (Å²) in [4.78, 5) is 13.0. The van der Waals surface area contributed by atoms with Crippen LogP contribution in [0.1, 0.15) is 23.2 Å². The molecule has 1 saturated heterocycles. The third kappa shape index (κ3) is 4.54. The van der Waals surface area contributed by atoms with E-state index in [1.165, 1.54) is 10.4 Å². The Balaban J connectivity index is 1.30. The van der Waals surface area contributed by atoms with Crippen molar-refractivity contribution in [2.24, 2.45) is 0 Å². The molecule has 2 aliphatic rings. The highest BCUT2D eigenvalue weighted by molar-refractivity contribution is 7.89. The van der Waals surface area contributed by atoms with Crippen molar-refractivity contribution in [3.8, 4) is 5.69 Å². The number of carbonyl (C=O) groups excluding carboxylic acids is 1. The maximum absolute atomic E-state index is 12.8. The van der Waals surface area contributed by atoms with E-state index in [1.807, 2.05) is 30.3 Å². The second kappa shape index (κ2) is 9.54. The summed E-state index contributed by atoms with van der Waals surface area (Å²) in [6.45, 7) is 1.52. The molecule has 2 heterocycles. The monoisotopic (exact) mass is 478 g/mol. The Morgan fingerprint density at radius 2 is 1.74 bits per heavy atom. The van der Waals surface area contributed by atoms with Gasteiger partial charge in [-0.1, -0.05) is 30.3 Å². The molecule has 2 aromatic carbocycles. The number of ether oxygens (including phenoxy) is 1. The quantitative estimate of drug-likeness (QED) is 0.550. The fourth-order valence-corrected chi connectivity index (χ4v) is 5.70. The Labute approximate surface area is 198 Å². The molecule has 8 nitrogen and oxygen atoms in total. The molecule has 3 aromatic rings. The summed E-state index contributed by atoms with van der Waals surface area (Å²) >= 11 is 0. The molecule has 176 valence electrons. The zero-order valence-corrected chi connectivity index (χ0v) is 19.5. The maximum atomic E-state index is 12.8. The van der Waals surface area contributed by atoms with Crippen molar-refractivity contribution in [3.63, 3.8) is 0 Å². The van der Waals surface area contributed by atoms with Gasteiger partial charge in [0, 0.05) is 24.7 Å². The highest BCUT2D eigenvalue weighted by atomic mass is 32.2. The van der Waals surface area contributed by atoms with Crippen LogP contribution in [-0.2, 0) is 32.4 Å². The lowest BCUT2D eigenvalue weighted by Crippen LogP contribution is -2.40. The fourth-order valence-electron chi connectivity index (χ4n) is 4.29. The van der Waals surface area contributed by atoms with E-state index in [-0.39, 0.29) is 10.8 Å². The molecule has 1 aromatic heterocycles. The lowest BCUT2D eigenvalue weighted by molar-refractivity contribution is -0.111. The second-order valence-corrected chi connectivity index (χ2v) is 10.2. The van der Waals surface area contributed by atoms with Gasteiger partial charge in [-0.05, 0) is 55.2 Å². The van der Waals surface area contributed by atoms with Crippen LogP contribution in [0, 0.1) is 0 Å². The molecule has 1 aliphatic heterocycles. The van der Waals surface area contributed by atoms with E-state index in [4.69, 9.17) is 9.84 Å². The SMILES string of the molecule is O=C(/C=C/c1ccc(S(=O)(=O)N2CCOCC2)cc1)Nc1c2c(nn1-c1ccccc1)CCC2. The van der Waals surface area contributed by atoms with E-state index in [0.29, 0.717) is 32.1 Å². The van der Waals surface area contributed by atoms with Gasteiger partial charge in [0.15, 0.2) is 0 Å². The van der Waals surface area contributed by atoms with Gasteiger partial charge in [0.05, 0.1) is 29.5 Å². The van der Waals surface area contributed by atoms with Gasteiger partial charge in [-0.2, -0.15) is 9.40 Å². The first-order valence-electron chi connectivity index (χ1n) is 11.4. The third-order valence-electron chi connectivity index (χ3n) is 6.06. The molecule has 5 rings (SSSR count). The van der Waals surface area contributed by atoms with Crippen molar-refractivity contribution < 1.29 is 17.9 Å². The Kier molecular flexibility index (Phi) is 6.32. The average Bonchev–Trinajstić information content (AvgIpc) is 3.47. The number of hydrogen-bond donors (Lipinski definition) is 1. The number of morpholine rings is 1. The average molecular weight is 479 g/mol. The molecule has 0 saturated carbocycles. The highest BCUT2D eigenvalue weighted by Crippen LogP contribution is 2.31. The van der Waals surface area contributed by atoms with Crippen molar-refractivity contribution in [3.05, 3.63) is 77.5 Å². The number of benzene rings is 2. The summed E-state index contributed by atoms with van der Waals surface area (Å²) in [6.07, 6.45) is 5.96. The van der Waals surface area contributed by atoms with E-state index in [1.54, 1.807) is 35.0 Å². The number of fused-ring (bicyclic) bond motifs is 1. The van der Waals surface area contributed by atoms with Gasteiger partial charge >= 0.3 is 0 Å². The predicted molar refractivity (Wildman–Crippen MR) is 129 cm³/mol. The van der Waals surface area contributed by atoms with Crippen molar-refractivity contribution in [1.29, 1.82) is 0 Å². The normalized spacial score (nSPS) is 16.6. The van der Waals surface area contributed by atoms with Crippen molar-refractivity contribution in [2.45, 2.75) is 24.2 Å². The zero-order chi connectivity index (χ0) is 23.5. The number of carbonyl (C=O) groups is 1. The van der Waals surface area contributed by atoms with Crippen LogP contribution in [0.3, 0.4) is 0 Å². The largest absolute Gasteiger partial charge is 0.379 e. The molecule has 9 heteroatoms. The van der Waals surface area contributed by atoms with Crippen molar-refractivity contribution in [2.75, 3.05) is 31.6 Å². The number of para-hydroxylation sites is 1. The molecular formula is C25H26N4O4S. The number of aromatic nitrogens is 2. The molecule has 1 fully saturated rings. The van der Waals surface area contributed by atoms with Crippen LogP contribution in [0.4, 0.5) is 5.82 Å². The van der Waals surface area contributed by atoms with Gasteiger partial charge in [0.1, 0.15) is 5.82 Å². The van der Waals surface area contributed by atoms with Crippen LogP contribution in [0.15, 0.2) is 65.6 Å². The lowest BCUT2D eigenvalue weighted by atomic mass is 10.2. The minimum absolute atomic E-state index is 0.235.